The van der Waals surface area contributed by atoms with Crippen molar-refractivity contribution in [3.63, 3.8) is 0 Å². The minimum absolute atomic E-state index is 0.199. The Hall–Kier alpha value is -1.75. The van der Waals surface area contributed by atoms with Gasteiger partial charge in [0.05, 0.1) is 10.4 Å². The molecule has 0 heterocycles. The van der Waals surface area contributed by atoms with Gasteiger partial charge in [-0.2, -0.15) is 0 Å². The SMILES string of the molecule is O=C(O)C(Cc1ccc(F)cc1)Cc1cccc(F)c1Br. The highest BCUT2D eigenvalue weighted by Crippen LogP contribution is 2.24. The Kier molecular flexibility index (Phi) is 5.07. The number of rotatable bonds is 5. The first kappa shape index (κ1) is 15.6. The lowest BCUT2D eigenvalue weighted by Crippen LogP contribution is -2.19. The Morgan fingerprint density at radius 2 is 1.76 bits per heavy atom. The number of hydrogen-bond donors (Lipinski definition) is 1. The Morgan fingerprint density at radius 3 is 2.38 bits per heavy atom. The molecule has 1 unspecified atom stereocenters. The van der Waals surface area contributed by atoms with Crippen molar-refractivity contribution in [3.05, 3.63) is 69.7 Å². The zero-order valence-corrected chi connectivity index (χ0v) is 12.6. The normalized spacial score (nSPS) is 12.1. The first-order valence-corrected chi connectivity index (χ1v) is 7.17. The number of hydrogen-bond acceptors (Lipinski definition) is 1. The highest BCUT2D eigenvalue weighted by Gasteiger charge is 2.20. The molecule has 0 spiro atoms. The van der Waals surface area contributed by atoms with E-state index in [1.807, 2.05) is 0 Å². The molecule has 0 aliphatic rings. The van der Waals surface area contributed by atoms with E-state index in [2.05, 4.69) is 15.9 Å². The van der Waals surface area contributed by atoms with Crippen molar-refractivity contribution in [1.82, 2.24) is 0 Å². The maximum absolute atomic E-state index is 13.5. The number of aliphatic carboxylic acids is 1. The molecule has 0 aliphatic heterocycles. The van der Waals surface area contributed by atoms with Gasteiger partial charge in [0.1, 0.15) is 11.6 Å². The van der Waals surface area contributed by atoms with Gasteiger partial charge in [0.15, 0.2) is 0 Å². The number of carboxylic acids is 1. The van der Waals surface area contributed by atoms with Crippen LogP contribution in [-0.4, -0.2) is 11.1 Å². The molecule has 0 bridgehead atoms. The average molecular weight is 355 g/mol. The van der Waals surface area contributed by atoms with Crippen LogP contribution in [0.15, 0.2) is 46.9 Å². The highest BCUT2D eigenvalue weighted by molar-refractivity contribution is 9.10. The van der Waals surface area contributed by atoms with E-state index < -0.39 is 17.7 Å². The quantitative estimate of drug-likeness (QED) is 0.872. The summed E-state index contributed by atoms with van der Waals surface area (Å²) < 4.78 is 26.6. The molecule has 110 valence electrons. The molecular formula is C16H13BrF2O2. The molecule has 0 saturated carbocycles. The summed E-state index contributed by atoms with van der Waals surface area (Å²) in [6.45, 7) is 0. The average Bonchev–Trinajstić information content (AvgIpc) is 2.45. The summed E-state index contributed by atoms with van der Waals surface area (Å²) in [5.41, 5.74) is 1.33. The number of halogens is 3. The van der Waals surface area contributed by atoms with Crippen LogP contribution in [0, 0.1) is 17.6 Å². The van der Waals surface area contributed by atoms with Gasteiger partial charge in [-0.15, -0.1) is 0 Å². The summed E-state index contributed by atoms with van der Waals surface area (Å²) >= 11 is 3.14. The molecule has 0 aliphatic carbocycles. The predicted molar refractivity (Wildman–Crippen MR) is 79.0 cm³/mol. The van der Waals surface area contributed by atoms with Gasteiger partial charge < -0.3 is 5.11 Å². The van der Waals surface area contributed by atoms with Crippen LogP contribution in [0.5, 0.6) is 0 Å². The standard InChI is InChI=1S/C16H13BrF2O2/c17-15-11(2-1-3-14(15)19)9-12(16(20)21)8-10-4-6-13(18)7-5-10/h1-7,12H,8-9H2,(H,20,21). The second-order valence-electron chi connectivity index (χ2n) is 4.78. The van der Waals surface area contributed by atoms with Gasteiger partial charge in [-0.3, -0.25) is 4.79 Å². The molecule has 2 aromatic carbocycles. The van der Waals surface area contributed by atoms with Gasteiger partial charge in [-0.1, -0.05) is 24.3 Å². The molecule has 0 fully saturated rings. The molecule has 0 amide bonds. The van der Waals surface area contributed by atoms with Crippen molar-refractivity contribution in [3.8, 4) is 0 Å². The molecule has 0 radical (unpaired) electrons. The van der Waals surface area contributed by atoms with E-state index in [4.69, 9.17) is 0 Å². The Labute approximate surface area is 129 Å². The summed E-state index contributed by atoms with van der Waals surface area (Å²) in [5, 5.41) is 9.33. The van der Waals surface area contributed by atoms with E-state index >= 15 is 0 Å². The van der Waals surface area contributed by atoms with Crippen LogP contribution in [0.2, 0.25) is 0 Å². The number of benzene rings is 2. The first-order valence-electron chi connectivity index (χ1n) is 6.37. The van der Waals surface area contributed by atoms with Crippen molar-refractivity contribution >= 4 is 21.9 Å². The van der Waals surface area contributed by atoms with Crippen molar-refractivity contribution < 1.29 is 18.7 Å². The predicted octanol–water partition coefficient (Wildman–Crippen LogP) is 4.21. The van der Waals surface area contributed by atoms with Crippen molar-refractivity contribution in [2.24, 2.45) is 5.92 Å². The lowest BCUT2D eigenvalue weighted by molar-refractivity contribution is -0.141. The van der Waals surface area contributed by atoms with Crippen molar-refractivity contribution in [2.75, 3.05) is 0 Å². The van der Waals surface area contributed by atoms with Crippen LogP contribution in [0.4, 0.5) is 8.78 Å². The van der Waals surface area contributed by atoms with Gasteiger partial charge in [-0.05, 0) is 58.1 Å². The van der Waals surface area contributed by atoms with E-state index in [1.54, 1.807) is 24.3 Å². The van der Waals surface area contributed by atoms with Crippen molar-refractivity contribution in [1.29, 1.82) is 0 Å². The Balaban J connectivity index is 2.18. The van der Waals surface area contributed by atoms with Gasteiger partial charge in [0.25, 0.3) is 0 Å². The molecule has 0 aromatic heterocycles. The van der Waals surface area contributed by atoms with Gasteiger partial charge >= 0.3 is 5.97 Å². The molecule has 21 heavy (non-hydrogen) atoms. The topological polar surface area (TPSA) is 37.3 Å². The molecule has 2 nitrogen and oxygen atoms in total. The van der Waals surface area contributed by atoms with E-state index in [1.165, 1.54) is 18.2 Å². The van der Waals surface area contributed by atoms with Crippen LogP contribution in [0.25, 0.3) is 0 Å². The van der Waals surface area contributed by atoms with E-state index in [-0.39, 0.29) is 23.1 Å². The lowest BCUT2D eigenvalue weighted by Gasteiger charge is -2.14. The maximum atomic E-state index is 13.5. The summed E-state index contributed by atoms with van der Waals surface area (Å²) in [6.07, 6.45) is 0.462. The third-order valence-electron chi connectivity index (χ3n) is 3.24. The van der Waals surface area contributed by atoms with Crippen LogP contribution in [0.1, 0.15) is 11.1 Å². The maximum Gasteiger partial charge on any atom is 0.307 e. The molecule has 0 saturated heterocycles. The van der Waals surface area contributed by atoms with Crippen LogP contribution >= 0.6 is 15.9 Å². The largest absolute Gasteiger partial charge is 0.481 e. The molecule has 1 N–H and O–H groups in total. The third kappa shape index (κ3) is 4.11. The minimum Gasteiger partial charge on any atom is -0.481 e. The Morgan fingerprint density at radius 1 is 1.10 bits per heavy atom. The summed E-state index contributed by atoms with van der Waals surface area (Å²) in [4.78, 5) is 11.4. The molecule has 2 aromatic rings. The zero-order valence-electron chi connectivity index (χ0n) is 11.0. The van der Waals surface area contributed by atoms with Gasteiger partial charge in [-0.25, -0.2) is 8.78 Å². The monoisotopic (exact) mass is 354 g/mol. The van der Waals surface area contributed by atoms with Crippen LogP contribution in [0.3, 0.4) is 0 Å². The van der Waals surface area contributed by atoms with Gasteiger partial charge in [0, 0.05) is 0 Å². The van der Waals surface area contributed by atoms with Crippen LogP contribution < -0.4 is 0 Å². The van der Waals surface area contributed by atoms with E-state index in [0.29, 0.717) is 5.56 Å². The molecule has 5 heteroatoms. The number of carbonyl (C=O) groups is 1. The highest BCUT2D eigenvalue weighted by atomic mass is 79.9. The zero-order chi connectivity index (χ0) is 15.4. The summed E-state index contributed by atoms with van der Waals surface area (Å²) in [7, 11) is 0. The van der Waals surface area contributed by atoms with E-state index in [0.717, 1.165) is 5.56 Å². The fraction of sp³-hybridized carbons (Fsp3) is 0.188. The number of carboxylic acid groups (broad SMARTS) is 1. The molecular weight excluding hydrogens is 342 g/mol. The summed E-state index contributed by atoms with van der Waals surface area (Å²) in [5.74, 6) is -2.44. The van der Waals surface area contributed by atoms with E-state index in [9.17, 15) is 18.7 Å². The second kappa shape index (κ2) is 6.80. The second-order valence-corrected chi connectivity index (χ2v) is 5.58. The van der Waals surface area contributed by atoms with Gasteiger partial charge in [0.2, 0.25) is 0 Å². The molecule has 1 atom stereocenters. The lowest BCUT2D eigenvalue weighted by atomic mass is 9.92. The fourth-order valence-electron chi connectivity index (χ4n) is 2.12. The van der Waals surface area contributed by atoms with Crippen LogP contribution in [-0.2, 0) is 17.6 Å². The fourth-order valence-corrected chi connectivity index (χ4v) is 2.55. The third-order valence-corrected chi connectivity index (χ3v) is 4.13. The Bertz CT molecular complexity index is 641. The minimum atomic E-state index is -0.963. The smallest absolute Gasteiger partial charge is 0.307 e. The van der Waals surface area contributed by atoms with Crippen molar-refractivity contribution in [2.45, 2.75) is 12.8 Å². The molecule has 2 rings (SSSR count). The summed E-state index contributed by atoms with van der Waals surface area (Å²) in [6, 6.07) is 10.3. The first-order chi connectivity index (χ1) is 9.97.